The summed E-state index contributed by atoms with van der Waals surface area (Å²) in [5, 5.41) is 0. The number of hydrogen-bond acceptors (Lipinski definition) is 4. The summed E-state index contributed by atoms with van der Waals surface area (Å²) in [6.45, 7) is 6.33. The lowest BCUT2D eigenvalue weighted by atomic mass is 10.0. The maximum absolute atomic E-state index is 12.5. The second-order valence-corrected chi connectivity index (χ2v) is 6.84. The highest BCUT2D eigenvalue weighted by atomic mass is 16.5. The summed E-state index contributed by atoms with van der Waals surface area (Å²) in [6.07, 6.45) is 2.76. The molecule has 0 N–H and O–H groups in total. The fourth-order valence-electron chi connectivity index (χ4n) is 4.11. The van der Waals surface area contributed by atoms with Crippen molar-refractivity contribution >= 4 is 5.91 Å². The third kappa shape index (κ3) is 2.75. The number of fused-ring (bicyclic) bond motifs is 1. The van der Waals surface area contributed by atoms with Crippen molar-refractivity contribution in [3.8, 4) is 0 Å². The molecule has 3 fully saturated rings. The number of carbonyl (C=O) groups excluding carboxylic acids is 1. The van der Waals surface area contributed by atoms with E-state index in [-0.39, 0.29) is 5.92 Å². The molecule has 3 saturated heterocycles. The number of rotatable bonds is 3. The van der Waals surface area contributed by atoms with Gasteiger partial charge in [-0.3, -0.25) is 14.7 Å². The van der Waals surface area contributed by atoms with Gasteiger partial charge in [-0.2, -0.15) is 0 Å². The van der Waals surface area contributed by atoms with E-state index in [1.54, 1.807) is 0 Å². The van der Waals surface area contributed by atoms with Crippen LogP contribution in [0.25, 0.3) is 0 Å². The van der Waals surface area contributed by atoms with Crippen LogP contribution >= 0.6 is 0 Å². The first-order valence-electron chi connectivity index (χ1n) is 8.28. The zero-order valence-electron chi connectivity index (χ0n) is 12.9. The van der Waals surface area contributed by atoms with Gasteiger partial charge in [0.15, 0.2) is 0 Å². The quantitative estimate of drug-likeness (QED) is 0.836. The molecule has 4 heterocycles. The summed E-state index contributed by atoms with van der Waals surface area (Å²) < 4.78 is 5.35. The lowest BCUT2D eigenvalue weighted by molar-refractivity contribution is -0.134. The second-order valence-electron chi connectivity index (χ2n) is 6.84. The minimum atomic E-state index is 0.114. The van der Waals surface area contributed by atoms with Gasteiger partial charge in [0.1, 0.15) is 0 Å². The first kappa shape index (κ1) is 14.2. The Labute approximate surface area is 131 Å². The zero-order valence-corrected chi connectivity index (χ0v) is 12.9. The van der Waals surface area contributed by atoms with Crippen molar-refractivity contribution in [2.75, 3.05) is 39.4 Å². The lowest BCUT2D eigenvalue weighted by Crippen LogP contribution is -2.37. The van der Waals surface area contributed by atoms with Gasteiger partial charge in [-0.05, 0) is 30.4 Å². The highest BCUT2D eigenvalue weighted by Crippen LogP contribution is 2.33. The molecule has 1 amide bonds. The molecule has 4 rings (SSSR count). The van der Waals surface area contributed by atoms with E-state index in [9.17, 15) is 4.79 Å². The van der Waals surface area contributed by atoms with Crippen LogP contribution in [0.4, 0.5) is 0 Å². The average Bonchev–Trinajstić information content (AvgIpc) is 3.23. The molecule has 0 saturated carbocycles. The Hall–Kier alpha value is -1.46. The molecule has 3 aliphatic heterocycles. The van der Waals surface area contributed by atoms with Crippen LogP contribution in [0.2, 0.25) is 0 Å². The smallest absolute Gasteiger partial charge is 0.228 e. The molecule has 1 aromatic heterocycles. The van der Waals surface area contributed by atoms with E-state index >= 15 is 0 Å². The number of aromatic nitrogens is 1. The van der Waals surface area contributed by atoms with Crippen LogP contribution in [-0.2, 0) is 16.1 Å². The van der Waals surface area contributed by atoms with E-state index in [1.807, 2.05) is 18.3 Å². The first-order chi connectivity index (χ1) is 10.8. The molecular weight excluding hydrogens is 278 g/mol. The minimum absolute atomic E-state index is 0.114. The third-order valence-electron chi connectivity index (χ3n) is 5.26. The first-order valence-corrected chi connectivity index (χ1v) is 8.28. The standard InChI is InChI=1S/C17H23N3O2/c21-17(13-4-6-22-12-13)20-9-14-7-19(8-15(14)10-20)11-16-3-1-2-5-18-16/h1-3,5,13-15H,4,6-12H2/t13-,14-,15+/m0/s1. The van der Waals surface area contributed by atoms with Gasteiger partial charge in [0.25, 0.3) is 0 Å². The number of ether oxygens (including phenoxy) is 1. The SMILES string of the molecule is O=C([C@H]1CCOC1)N1C[C@H]2CN(Cc3ccccn3)C[C@H]2C1. The molecule has 3 atom stereocenters. The Balaban J connectivity index is 1.31. The number of carbonyl (C=O) groups is 1. The van der Waals surface area contributed by atoms with Gasteiger partial charge in [-0.1, -0.05) is 6.07 Å². The van der Waals surface area contributed by atoms with Crippen LogP contribution in [0, 0.1) is 17.8 Å². The normalized spacial score (nSPS) is 31.6. The topological polar surface area (TPSA) is 45.7 Å². The third-order valence-corrected chi connectivity index (χ3v) is 5.26. The molecule has 5 heteroatoms. The number of pyridine rings is 1. The molecular formula is C17H23N3O2. The Morgan fingerprint density at radius 1 is 1.23 bits per heavy atom. The average molecular weight is 301 g/mol. The van der Waals surface area contributed by atoms with Crippen LogP contribution in [0.5, 0.6) is 0 Å². The molecule has 3 aliphatic rings. The van der Waals surface area contributed by atoms with Crippen molar-refractivity contribution < 1.29 is 9.53 Å². The van der Waals surface area contributed by atoms with Crippen molar-refractivity contribution in [2.45, 2.75) is 13.0 Å². The molecule has 0 unspecified atom stereocenters. The molecule has 5 nitrogen and oxygen atoms in total. The zero-order chi connectivity index (χ0) is 14.9. The Bertz CT molecular complexity index is 516. The Morgan fingerprint density at radius 3 is 2.68 bits per heavy atom. The fraction of sp³-hybridized carbons (Fsp3) is 0.647. The minimum Gasteiger partial charge on any atom is -0.381 e. The lowest BCUT2D eigenvalue weighted by Gasteiger charge is -2.23. The van der Waals surface area contributed by atoms with E-state index in [0.29, 0.717) is 24.3 Å². The highest BCUT2D eigenvalue weighted by molar-refractivity contribution is 5.79. The van der Waals surface area contributed by atoms with E-state index in [4.69, 9.17) is 4.74 Å². The molecule has 22 heavy (non-hydrogen) atoms. The molecule has 0 aliphatic carbocycles. The van der Waals surface area contributed by atoms with Crippen molar-refractivity contribution in [3.05, 3.63) is 30.1 Å². The van der Waals surface area contributed by atoms with Gasteiger partial charge in [0, 0.05) is 45.5 Å². The molecule has 0 spiro atoms. The van der Waals surface area contributed by atoms with E-state index in [0.717, 1.165) is 51.4 Å². The molecule has 118 valence electrons. The number of hydrogen-bond donors (Lipinski definition) is 0. The predicted octanol–water partition coefficient (Wildman–Crippen LogP) is 1.01. The summed E-state index contributed by atoms with van der Waals surface area (Å²) in [4.78, 5) is 21.5. The summed E-state index contributed by atoms with van der Waals surface area (Å²) in [5.41, 5.74) is 1.14. The highest BCUT2D eigenvalue weighted by Gasteiger charge is 2.43. The largest absolute Gasteiger partial charge is 0.381 e. The summed E-state index contributed by atoms with van der Waals surface area (Å²) in [6, 6.07) is 6.09. The second kappa shape index (κ2) is 5.97. The molecule has 0 aromatic carbocycles. The fourth-order valence-corrected chi connectivity index (χ4v) is 4.11. The van der Waals surface area contributed by atoms with Crippen molar-refractivity contribution in [3.63, 3.8) is 0 Å². The van der Waals surface area contributed by atoms with E-state index < -0.39 is 0 Å². The predicted molar refractivity (Wildman–Crippen MR) is 82.0 cm³/mol. The maximum Gasteiger partial charge on any atom is 0.228 e. The maximum atomic E-state index is 12.5. The van der Waals surface area contributed by atoms with Crippen LogP contribution in [0.1, 0.15) is 12.1 Å². The van der Waals surface area contributed by atoms with Crippen molar-refractivity contribution in [1.29, 1.82) is 0 Å². The van der Waals surface area contributed by atoms with Crippen molar-refractivity contribution in [1.82, 2.24) is 14.8 Å². The summed E-state index contributed by atoms with van der Waals surface area (Å²) in [7, 11) is 0. The number of likely N-dealkylation sites (tertiary alicyclic amines) is 2. The van der Waals surface area contributed by atoms with Crippen molar-refractivity contribution in [2.24, 2.45) is 17.8 Å². The molecule has 1 aromatic rings. The number of nitrogens with zero attached hydrogens (tertiary/aromatic N) is 3. The van der Waals surface area contributed by atoms with Crippen LogP contribution < -0.4 is 0 Å². The van der Waals surface area contributed by atoms with Crippen LogP contribution in [0.3, 0.4) is 0 Å². The Kier molecular flexibility index (Phi) is 3.84. The van der Waals surface area contributed by atoms with Gasteiger partial charge in [0.2, 0.25) is 5.91 Å². The monoisotopic (exact) mass is 301 g/mol. The summed E-state index contributed by atoms with van der Waals surface area (Å²) in [5.74, 6) is 1.71. The van der Waals surface area contributed by atoms with E-state index in [2.05, 4.69) is 20.9 Å². The molecule has 0 radical (unpaired) electrons. The van der Waals surface area contributed by atoms with Gasteiger partial charge >= 0.3 is 0 Å². The van der Waals surface area contributed by atoms with Crippen LogP contribution in [0.15, 0.2) is 24.4 Å². The van der Waals surface area contributed by atoms with Gasteiger partial charge in [-0.15, -0.1) is 0 Å². The van der Waals surface area contributed by atoms with Crippen LogP contribution in [-0.4, -0.2) is 60.1 Å². The summed E-state index contributed by atoms with van der Waals surface area (Å²) >= 11 is 0. The Morgan fingerprint density at radius 2 is 2.05 bits per heavy atom. The van der Waals surface area contributed by atoms with Gasteiger partial charge in [-0.25, -0.2) is 0 Å². The van der Waals surface area contributed by atoms with Gasteiger partial charge in [0.05, 0.1) is 18.2 Å². The van der Waals surface area contributed by atoms with Gasteiger partial charge < -0.3 is 9.64 Å². The molecule has 0 bridgehead atoms. The van der Waals surface area contributed by atoms with E-state index in [1.165, 1.54) is 0 Å². The number of amides is 1.